The molecule has 3 N–H and O–H groups in total. The van der Waals surface area contributed by atoms with E-state index in [1.165, 1.54) is 0 Å². The highest BCUT2D eigenvalue weighted by atomic mass is 16.5. The van der Waals surface area contributed by atoms with E-state index in [1.54, 1.807) is 13.4 Å². The molecule has 0 aromatic carbocycles. The number of hydrogen-bond donors (Lipinski definition) is 2. The molecule has 6 nitrogen and oxygen atoms in total. The van der Waals surface area contributed by atoms with Gasteiger partial charge in [-0.15, -0.1) is 0 Å². The van der Waals surface area contributed by atoms with Crippen LogP contribution in [0, 0.1) is 0 Å². The normalized spacial score (nSPS) is 22.9. The minimum Gasteiger partial charge on any atom is -0.377 e. The van der Waals surface area contributed by atoms with Crippen molar-refractivity contribution in [3.05, 3.63) is 11.9 Å². The summed E-state index contributed by atoms with van der Waals surface area (Å²) in [5.74, 6) is 7.28. The monoisotopic (exact) mass is 279 g/mol. The Balaban J connectivity index is 2.31. The zero-order valence-electron chi connectivity index (χ0n) is 12.6. The lowest BCUT2D eigenvalue weighted by Crippen LogP contribution is -2.48. The molecule has 1 aliphatic heterocycles. The molecule has 1 atom stereocenters. The Bertz CT molecular complexity index is 453. The summed E-state index contributed by atoms with van der Waals surface area (Å²) in [4.78, 5) is 11.0. The van der Waals surface area contributed by atoms with E-state index in [1.807, 2.05) is 0 Å². The Morgan fingerprint density at radius 3 is 2.95 bits per heavy atom. The second-order valence-corrected chi connectivity index (χ2v) is 5.60. The van der Waals surface area contributed by atoms with Gasteiger partial charge in [0.05, 0.1) is 5.60 Å². The minimum absolute atomic E-state index is 0.108. The number of nitrogens with one attached hydrogen (secondary N) is 1. The molecule has 1 aromatic heterocycles. The molecule has 0 bridgehead atoms. The van der Waals surface area contributed by atoms with Gasteiger partial charge < -0.3 is 15.1 Å². The van der Waals surface area contributed by atoms with Gasteiger partial charge in [-0.3, -0.25) is 0 Å². The van der Waals surface area contributed by atoms with E-state index < -0.39 is 0 Å². The molecule has 1 unspecified atom stereocenters. The highest BCUT2D eigenvalue weighted by Gasteiger charge is 2.32. The fourth-order valence-electron chi connectivity index (χ4n) is 2.83. The van der Waals surface area contributed by atoms with E-state index in [0.717, 1.165) is 56.0 Å². The molecule has 0 aliphatic carbocycles. The first-order chi connectivity index (χ1) is 9.63. The van der Waals surface area contributed by atoms with Gasteiger partial charge in [-0.2, -0.15) is 0 Å². The third kappa shape index (κ3) is 3.02. The lowest BCUT2D eigenvalue weighted by molar-refractivity contribution is -0.00484. The first-order valence-corrected chi connectivity index (χ1v) is 7.24. The summed E-state index contributed by atoms with van der Waals surface area (Å²) in [7, 11) is 1.78. The quantitative estimate of drug-likeness (QED) is 0.631. The molecule has 1 aromatic rings. The Hall–Kier alpha value is -1.40. The zero-order chi connectivity index (χ0) is 14.6. The average molecular weight is 279 g/mol. The Morgan fingerprint density at radius 1 is 1.50 bits per heavy atom. The van der Waals surface area contributed by atoms with Gasteiger partial charge in [0.1, 0.15) is 18.0 Å². The smallest absolute Gasteiger partial charge is 0.148 e. The average Bonchev–Trinajstić information content (AvgIpc) is 2.48. The number of nitrogens with zero attached hydrogens (tertiary/aromatic N) is 3. The molecular formula is C14H25N5O. The van der Waals surface area contributed by atoms with Crippen LogP contribution in [0.1, 0.15) is 38.7 Å². The second kappa shape index (κ2) is 6.37. The van der Waals surface area contributed by atoms with Crippen LogP contribution in [0.15, 0.2) is 6.33 Å². The van der Waals surface area contributed by atoms with Crippen molar-refractivity contribution in [1.82, 2.24) is 9.97 Å². The number of nitrogens with two attached hydrogens (primary N) is 1. The molecule has 0 saturated carbocycles. The molecule has 20 heavy (non-hydrogen) atoms. The molecule has 1 saturated heterocycles. The van der Waals surface area contributed by atoms with E-state index in [2.05, 4.69) is 34.1 Å². The van der Waals surface area contributed by atoms with E-state index in [4.69, 9.17) is 10.6 Å². The molecule has 1 aliphatic rings. The van der Waals surface area contributed by atoms with E-state index >= 15 is 0 Å². The van der Waals surface area contributed by atoms with Gasteiger partial charge in [0.15, 0.2) is 0 Å². The summed E-state index contributed by atoms with van der Waals surface area (Å²) in [6.45, 7) is 6.15. The molecule has 2 heterocycles. The fraction of sp³-hybridized carbons (Fsp3) is 0.714. The van der Waals surface area contributed by atoms with Crippen LogP contribution in [0.3, 0.4) is 0 Å². The van der Waals surface area contributed by atoms with Crippen LogP contribution >= 0.6 is 0 Å². The predicted octanol–water partition coefficient (Wildman–Crippen LogP) is 1.72. The highest BCUT2D eigenvalue weighted by Crippen LogP contribution is 2.31. The number of anilines is 2. The van der Waals surface area contributed by atoms with Crippen LogP contribution in [0.5, 0.6) is 0 Å². The molecule has 0 amide bonds. The van der Waals surface area contributed by atoms with Gasteiger partial charge in [0.25, 0.3) is 0 Å². The maximum absolute atomic E-state index is 5.66. The lowest BCUT2D eigenvalue weighted by atomic mass is 9.94. The van der Waals surface area contributed by atoms with Crippen molar-refractivity contribution >= 4 is 11.6 Å². The standard InChI is InChI=1S/C14H25N5O/c1-4-6-11-12(18-15)16-10-17-13(11)19-8-5-7-14(2,9-19)20-3/h10H,4-9,15H2,1-3H3,(H,16,17,18). The van der Waals surface area contributed by atoms with Crippen LogP contribution < -0.4 is 16.2 Å². The summed E-state index contributed by atoms with van der Waals surface area (Å²) in [6, 6.07) is 0. The van der Waals surface area contributed by atoms with Crippen molar-refractivity contribution in [1.29, 1.82) is 0 Å². The van der Waals surface area contributed by atoms with E-state index in [9.17, 15) is 0 Å². The molecule has 2 rings (SSSR count). The minimum atomic E-state index is -0.108. The number of hydrogen-bond acceptors (Lipinski definition) is 6. The maximum Gasteiger partial charge on any atom is 0.148 e. The van der Waals surface area contributed by atoms with Gasteiger partial charge in [-0.25, -0.2) is 15.8 Å². The first-order valence-electron chi connectivity index (χ1n) is 7.24. The third-order valence-corrected chi connectivity index (χ3v) is 4.01. The molecule has 0 spiro atoms. The second-order valence-electron chi connectivity index (χ2n) is 5.60. The SMILES string of the molecule is CCCc1c(NN)ncnc1N1CCCC(C)(OC)C1. The summed E-state index contributed by atoms with van der Waals surface area (Å²) in [5.41, 5.74) is 3.67. The summed E-state index contributed by atoms with van der Waals surface area (Å²) < 4.78 is 5.66. The number of ether oxygens (including phenoxy) is 1. The van der Waals surface area contributed by atoms with Crippen molar-refractivity contribution in [2.24, 2.45) is 5.84 Å². The van der Waals surface area contributed by atoms with Crippen molar-refractivity contribution in [3.8, 4) is 0 Å². The topological polar surface area (TPSA) is 76.3 Å². The summed E-state index contributed by atoms with van der Waals surface area (Å²) in [5, 5.41) is 0. The Labute approximate surface area is 120 Å². The van der Waals surface area contributed by atoms with Gasteiger partial charge in [0, 0.05) is 25.8 Å². The predicted molar refractivity (Wildman–Crippen MR) is 80.7 cm³/mol. The van der Waals surface area contributed by atoms with E-state index in [-0.39, 0.29) is 5.60 Å². The fourth-order valence-corrected chi connectivity index (χ4v) is 2.83. The third-order valence-electron chi connectivity index (χ3n) is 4.01. The van der Waals surface area contributed by atoms with Crippen molar-refractivity contribution in [2.45, 2.75) is 45.1 Å². The van der Waals surface area contributed by atoms with Gasteiger partial charge in [0.2, 0.25) is 0 Å². The number of nitrogen functional groups attached to an aromatic ring is 1. The van der Waals surface area contributed by atoms with Gasteiger partial charge in [-0.1, -0.05) is 13.3 Å². The molecule has 0 radical (unpaired) electrons. The van der Waals surface area contributed by atoms with E-state index in [0.29, 0.717) is 0 Å². The van der Waals surface area contributed by atoms with Crippen molar-refractivity contribution in [2.75, 3.05) is 30.5 Å². The Kier molecular flexibility index (Phi) is 4.77. The van der Waals surface area contributed by atoms with Crippen LogP contribution in [0.2, 0.25) is 0 Å². The van der Waals surface area contributed by atoms with Crippen molar-refractivity contribution in [3.63, 3.8) is 0 Å². The van der Waals surface area contributed by atoms with Gasteiger partial charge in [-0.05, 0) is 26.2 Å². The highest BCUT2D eigenvalue weighted by molar-refractivity contribution is 5.58. The number of methoxy groups -OCH3 is 1. The Morgan fingerprint density at radius 2 is 2.30 bits per heavy atom. The summed E-state index contributed by atoms with van der Waals surface area (Å²) >= 11 is 0. The number of piperidine rings is 1. The van der Waals surface area contributed by atoms with Crippen LogP contribution in [0.4, 0.5) is 11.6 Å². The number of hydrazine groups is 1. The molecular weight excluding hydrogens is 254 g/mol. The molecule has 112 valence electrons. The van der Waals surface area contributed by atoms with Crippen LogP contribution in [-0.4, -0.2) is 35.8 Å². The maximum atomic E-state index is 5.66. The largest absolute Gasteiger partial charge is 0.377 e. The lowest BCUT2D eigenvalue weighted by Gasteiger charge is -2.40. The van der Waals surface area contributed by atoms with Crippen molar-refractivity contribution < 1.29 is 4.74 Å². The molecule has 6 heteroatoms. The number of aromatic nitrogens is 2. The first kappa shape index (κ1) is 15.0. The van der Waals surface area contributed by atoms with Crippen LogP contribution in [0.25, 0.3) is 0 Å². The van der Waals surface area contributed by atoms with Gasteiger partial charge >= 0.3 is 0 Å². The molecule has 1 fully saturated rings. The zero-order valence-corrected chi connectivity index (χ0v) is 12.6. The summed E-state index contributed by atoms with van der Waals surface area (Å²) in [6.07, 6.45) is 5.70. The number of rotatable bonds is 5. The van der Waals surface area contributed by atoms with Crippen LogP contribution in [-0.2, 0) is 11.2 Å².